The van der Waals surface area contributed by atoms with Crippen LogP contribution in [0.2, 0.25) is 0 Å². The quantitative estimate of drug-likeness (QED) is 0.718. The Morgan fingerprint density at radius 1 is 1.21 bits per heavy atom. The van der Waals surface area contributed by atoms with E-state index in [1.807, 2.05) is 38.1 Å². The Bertz CT molecular complexity index is 750. The van der Waals surface area contributed by atoms with E-state index in [-0.39, 0.29) is 0 Å². The fourth-order valence-corrected chi connectivity index (χ4v) is 2.46. The monoisotopic (exact) mass is 327 g/mol. The summed E-state index contributed by atoms with van der Waals surface area (Å²) < 4.78 is 10.3. The van der Waals surface area contributed by atoms with Gasteiger partial charge in [-0.1, -0.05) is 41.9 Å². The Hall–Kier alpha value is -2.44. The summed E-state index contributed by atoms with van der Waals surface area (Å²) in [4.78, 5) is 6.44. The number of aliphatic hydroxyl groups excluding tert-OH is 1. The maximum Gasteiger partial charge on any atom is 0.241 e. The summed E-state index contributed by atoms with van der Waals surface area (Å²) in [6.45, 7) is 5.83. The van der Waals surface area contributed by atoms with Crippen LogP contribution in [0, 0.1) is 6.92 Å². The second kappa shape index (κ2) is 7.42. The summed E-state index contributed by atoms with van der Waals surface area (Å²) in [5.74, 6) is 1.03. The van der Waals surface area contributed by atoms with Crippen molar-refractivity contribution in [1.82, 2.24) is 15.0 Å². The Morgan fingerprint density at radius 3 is 2.67 bits per heavy atom. The second-order valence-electron chi connectivity index (χ2n) is 5.78. The molecule has 0 fully saturated rings. The molecular weight excluding hydrogens is 306 g/mol. The van der Waals surface area contributed by atoms with Crippen LogP contribution in [0.5, 0.6) is 0 Å². The summed E-state index contributed by atoms with van der Waals surface area (Å²) in [5.41, 5.74) is 2.87. The molecule has 1 aromatic carbocycles. The number of likely N-dealkylation sites (N-methyl/N-ethyl adjacent to an activating group) is 1. The number of nitrogens with zero attached hydrogens (tertiary/aromatic N) is 3. The number of hydrogen-bond acceptors (Lipinski definition) is 6. The van der Waals surface area contributed by atoms with Crippen LogP contribution in [0.1, 0.15) is 30.0 Å². The number of benzene rings is 1. The van der Waals surface area contributed by atoms with Gasteiger partial charge in [-0.3, -0.25) is 4.90 Å². The van der Waals surface area contributed by atoms with Gasteiger partial charge in [-0.15, -0.1) is 0 Å². The number of aryl methyl sites for hydroxylation is 1. The fourth-order valence-electron chi connectivity index (χ4n) is 2.46. The molecule has 3 rings (SSSR count). The third-order valence-electron chi connectivity index (χ3n) is 3.95. The molecular formula is C18H21N3O3. The van der Waals surface area contributed by atoms with Crippen LogP contribution in [0.3, 0.4) is 0 Å². The molecule has 0 radical (unpaired) electrons. The van der Waals surface area contributed by atoms with Crippen LogP contribution in [0.15, 0.2) is 51.8 Å². The molecule has 0 aliphatic carbocycles. The van der Waals surface area contributed by atoms with Crippen LogP contribution >= 0.6 is 0 Å². The van der Waals surface area contributed by atoms with Gasteiger partial charge in [-0.2, -0.15) is 4.98 Å². The lowest BCUT2D eigenvalue weighted by Crippen LogP contribution is -2.28. The normalized spacial score (nSPS) is 12.7. The predicted octanol–water partition coefficient (Wildman–Crippen LogP) is 3.19. The Balaban J connectivity index is 1.63. The van der Waals surface area contributed by atoms with E-state index >= 15 is 0 Å². The molecule has 1 atom stereocenters. The summed E-state index contributed by atoms with van der Waals surface area (Å²) in [5, 5.41) is 14.4. The zero-order valence-electron chi connectivity index (χ0n) is 13.8. The maximum atomic E-state index is 10.4. The van der Waals surface area contributed by atoms with E-state index in [9.17, 15) is 5.11 Å². The average molecular weight is 327 g/mol. The molecule has 0 amide bonds. The standard InChI is InChI=1S/C18H21N3O3/c1-3-21(10-16(22)14-6-4-13(2)5-7-14)11-17-19-18(20-24-17)15-8-9-23-12-15/h4-9,12,16,22H,3,10-11H2,1-2H3. The van der Waals surface area contributed by atoms with E-state index in [4.69, 9.17) is 8.94 Å². The minimum absolute atomic E-state index is 0.490. The SMILES string of the molecule is CCN(Cc1nc(-c2ccoc2)no1)CC(O)c1ccc(C)cc1. The van der Waals surface area contributed by atoms with Crippen LogP contribution in [-0.2, 0) is 6.54 Å². The van der Waals surface area contributed by atoms with Crippen LogP contribution < -0.4 is 0 Å². The van der Waals surface area contributed by atoms with Gasteiger partial charge in [0.2, 0.25) is 11.7 Å². The van der Waals surface area contributed by atoms with Crippen molar-refractivity contribution in [2.75, 3.05) is 13.1 Å². The Morgan fingerprint density at radius 2 is 2.00 bits per heavy atom. The molecule has 0 saturated carbocycles. The van der Waals surface area contributed by atoms with E-state index in [1.165, 1.54) is 5.56 Å². The minimum Gasteiger partial charge on any atom is -0.472 e. The first-order valence-corrected chi connectivity index (χ1v) is 7.98. The summed E-state index contributed by atoms with van der Waals surface area (Å²) >= 11 is 0. The highest BCUT2D eigenvalue weighted by atomic mass is 16.5. The molecule has 2 aromatic heterocycles. The molecule has 3 aromatic rings. The predicted molar refractivity (Wildman–Crippen MR) is 89.1 cm³/mol. The smallest absolute Gasteiger partial charge is 0.241 e. The highest BCUT2D eigenvalue weighted by Gasteiger charge is 2.16. The van der Waals surface area contributed by atoms with Crippen molar-refractivity contribution in [3.63, 3.8) is 0 Å². The highest BCUT2D eigenvalue weighted by molar-refractivity contribution is 5.51. The van der Waals surface area contributed by atoms with Crippen molar-refractivity contribution in [3.05, 3.63) is 59.9 Å². The van der Waals surface area contributed by atoms with E-state index in [1.54, 1.807) is 18.6 Å². The maximum absolute atomic E-state index is 10.4. The molecule has 0 bridgehead atoms. The van der Waals surface area contributed by atoms with Crippen molar-refractivity contribution in [3.8, 4) is 11.4 Å². The number of furan rings is 1. The molecule has 6 nitrogen and oxygen atoms in total. The van der Waals surface area contributed by atoms with Gasteiger partial charge in [0.05, 0.1) is 24.5 Å². The van der Waals surface area contributed by atoms with Crippen LogP contribution in [-0.4, -0.2) is 33.2 Å². The number of aromatic nitrogens is 2. The lowest BCUT2D eigenvalue weighted by atomic mass is 10.1. The molecule has 0 aliphatic heterocycles. The molecule has 126 valence electrons. The van der Waals surface area contributed by atoms with Crippen LogP contribution in [0.4, 0.5) is 0 Å². The summed E-state index contributed by atoms with van der Waals surface area (Å²) in [7, 11) is 0. The zero-order valence-corrected chi connectivity index (χ0v) is 13.8. The van der Waals surface area contributed by atoms with Gasteiger partial charge in [0, 0.05) is 6.54 Å². The molecule has 0 saturated heterocycles. The molecule has 2 heterocycles. The molecule has 6 heteroatoms. The first-order chi connectivity index (χ1) is 11.7. The Labute approximate surface area is 140 Å². The van der Waals surface area contributed by atoms with E-state index in [0.717, 1.165) is 17.7 Å². The fraction of sp³-hybridized carbons (Fsp3) is 0.333. The van der Waals surface area contributed by atoms with Crippen molar-refractivity contribution >= 4 is 0 Å². The highest BCUT2D eigenvalue weighted by Crippen LogP contribution is 2.18. The second-order valence-corrected chi connectivity index (χ2v) is 5.78. The van der Waals surface area contributed by atoms with Crippen LogP contribution in [0.25, 0.3) is 11.4 Å². The van der Waals surface area contributed by atoms with Gasteiger partial charge in [0.1, 0.15) is 6.26 Å². The zero-order chi connectivity index (χ0) is 16.9. The third-order valence-corrected chi connectivity index (χ3v) is 3.95. The van der Waals surface area contributed by atoms with Gasteiger partial charge >= 0.3 is 0 Å². The molecule has 0 aliphatic rings. The third kappa shape index (κ3) is 3.90. The van der Waals surface area contributed by atoms with Gasteiger partial charge < -0.3 is 14.0 Å². The van der Waals surface area contributed by atoms with E-state index in [2.05, 4.69) is 15.0 Å². The lowest BCUT2D eigenvalue weighted by molar-refractivity contribution is 0.105. The summed E-state index contributed by atoms with van der Waals surface area (Å²) in [6.07, 6.45) is 2.59. The van der Waals surface area contributed by atoms with Gasteiger partial charge in [-0.05, 0) is 25.1 Å². The van der Waals surface area contributed by atoms with Gasteiger partial charge in [-0.25, -0.2) is 0 Å². The first kappa shape index (κ1) is 16.4. The molecule has 1 unspecified atom stereocenters. The van der Waals surface area contributed by atoms with Crippen molar-refractivity contribution in [2.24, 2.45) is 0 Å². The average Bonchev–Trinajstić information content (AvgIpc) is 3.26. The Kier molecular flexibility index (Phi) is 5.08. The van der Waals surface area contributed by atoms with Crippen molar-refractivity contribution in [1.29, 1.82) is 0 Å². The van der Waals surface area contributed by atoms with Crippen molar-refractivity contribution in [2.45, 2.75) is 26.5 Å². The minimum atomic E-state index is -0.554. The molecule has 0 spiro atoms. The van der Waals surface area contributed by atoms with E-state index in [0.29, 0.717) is 24.8 Å². The largest absolute Gasteiger partial charge is 0.472 e. The van der Waals surface area contributed by atoms with Crippen molar-refractivity contribution < 1.29 is 14.0 Å². The van der Waals surface area contributed by atoms with E-state index < -0.39 is 6.10 Å². The number of aliphatic hydroxyl groups is 1. The number of rotatable bonds is 7. The topological polar surface area (TPSA) is 75.5 Å². The lowest BCUT2D eigenvalue weighted by Gasteiger charge is -2.22. The molecule has 24 heavy (non-hydrogen) atoms. The molecule has 1 N–H and O–H groups in total. The van der Waals surface area contributed by atoms with Gasteiger partial charge in [0.15, 0.2) is 0 Å². The number of hydrogen-bond donors (Lipinski definition) is 1. The van der Waals surface area contributed by atoms with Gasteiger partial charge in [0.25, 0.3) is 0 Å². The first-order valence-electron chi connectivity index (χ1n) is 7.98. The summed E-state index contributed by atoms with van der Waals surface area (Å²) in [6, 6.07) is 9.70.